The topological polar surface area (TPSA) is 54.4 Å². The van der Waals surface area contributed by atoms with E-state index in [2.05, 4.69) is 53.7 Å². The number of ketones is 1. The Hall–Kier alpha value is -1.64. The Morgan fingerprint density at radius 2 is 1.85 bits per heavy atom. The van der Waals surface area contributed by atoms with Gasteiger partial charge in [0, 0.05) is 17.4 Å². The number of hydrogen-bond donors (Lipinski definition) is 1. The van der Waals surface area contributed by atoms with Gasteiger partial charge in [-0.15, -0.1) is 0 Å². The van der Waals surface area contributed by atoms with E-state index < -0.39 is 5.97 Å². The molecule has 0 saturated heterocycles. The molecule has 2 saturated carbocycles. The number of Topliss-reactive ketones (excluding diaryl/α,β-unsaturated/α-hetero) is 1. The third-order valence-electron chi connectivity index (χ3n) is 11.1. The van der Waals surface area contributed by atoms with E-state index in [-0.39, 0.29) is 21.7 Å². The number of carbonyl (C=O) groups excluding carboxylic acids is 1. The van der Waals surface area contributed by atoms with Crippen LogP contribution in [0.15, 0.2) is 34.9 Å². The molecule has 0 aromatic rings. The number of hydrogen-bond acceptors (Lipinski definition) is 2. The van der Waals surface area contributed by atoms with Crippen molar-refractivity contribution in [3.05, 3.63) is 34.9 Å². The minimum atomic E-state index is -0.809. The van der Waals surface area contributed by atoms with Gasteiger partial charge in [0.2, 0.25) is 0 Å². The van der Waals surface area contributed by atoms with Gasteiger partial charge in [0.25, 0.3) is 0 Å². The summed E-state index contributed by atoms with van der Waals surface area (Å²) in [4.78, 5) is 23.9. The average molecular weight is 453 g/mol. The van der Waals surface area contributed by atoms with Crippen molar-refractivity contribution in [2.75, 3.05) is 0 Å². The summed E-state index contributed by atoms with van der Waals surface area (Å²) >= 11 is 0. The first kappa shape index (κ1) is 24.5. The first-order chi connectivity index (χ1) is 15.3. The molecule has 0 bridgehead atoms. The molecule has 2 fully saturated rings. The van der Waals surface area contributed by atoms with E-state index in [1.54, 1.807) is 18.1 Å². The number of fused-ring (bicyclic) bond motifs is 5. The average Bonchev–Trinajstić information content (AvgIpc) is 3.02. The first-order valence-electron chi connectivity index (χ1n) is 13.1. The standard InChI is InChI=1S/C30H44O3/c1-19(9-8-10-20(2)26(32)33)21-13-17-30(7)23-11-12-24-27(3,4)25(31)15-16-28(24,5)22(23)14-18-29(21,30)6/h10-11,14,19,21,24H,8-9,12-13,15-18H2,1-7H3,(H,32,33)/t19-,21?,24+,28-,29-,30+/m1/s1. The van der Waals surface area contributed by atoms with Gasteiger partial charge in [0.05, 0.1) is 0 Å². The predicted molar refractivity (Wildman–Crippen MR) is 134 cm³/mol. The first-order valence-corrected chi connectivity index (χ1v) is 13.1. The Morgan fingerprint density at radius 1 is 1.15 bits per heavy atom. The van der Waals surface area contributed by atoms with Crippen LogP contribution >= 0.6 is 0 Å². The lowest BCUT2D eigenvalue weighted by molar-refractivity contribution is -0.138. The fourth-order valence-electron chi connectivity index (χ4n) is 8.61. The highest BCUT2D eigenvalue weighted by Crippen LogP contribution is 2.71. The Morgan fingerprint density at radius 3 is 2.52 bits per heavy atom. The van der Waals surface area contributed by atoms with Gasteiger partial charge in [-0.05, 0) is 97.0 Å². The number of allylic oxidation sites excluding steroid dienone is 5. The van der Waals surface area contributed by atoms with Crippen molar-refractivity contribution >= 4 is 11.8 Å². The molecule has 182 valence electrons. The summed E-state index contributed by atoms with van der Waals surface area (Å²) in [5.41, 5.74) is 3.89. The van der Waals surface area contributed by atoms with Crippen LogP contribution in [0.4, 0.5) is 0 Å². The van der Waals surface area contributed by atoms with Crippen molar-refractivity contribution in [3.8, 4) is 0 Å². The molecule has 1 unspecified atom stereocenters. The lowest BCUT2D eigenvalue weighted by atomic mass is 9.44. The molecule has 0 aromatic heterocycles. The summed E-state index contributed by atoms with van der Waals surface area (Å²) < 4.78 is 0. The molecule has 0 radical (unpaired) electrons. The summed E-state index contributed by atoms with van der Waals surface area (Å²) in [5.74, 6) is 1.25. The smallest absolute Gasteiger partial charge is 0.330 e. The molecule has 33 heavy (non-hydrogen) atoms. The molecule has 4 rings (SSSR count). The van der Waals surface area contributed by atoms with E-state index >= 15 is 0 Å². The summed E-state index contributed by atoms with van der Waals surface area (Å²) in [6.07, 6.45) is 15.2. The maximum atomic E-state index is 12.8. The molecule has 0 aromatic carbocycles. The van der Waals surface area contributed by atoms with Crippen LogP contribution in [0, 0.1) is 39.4 Å². The van der Waals surface area contributed by atoms with Gasteiger partial charge < -0.3 is 5.11 Å². The van der Waals surface area contributed by atoms with Gasteiger partial charge in [-0.2, -0.15) is 0 Å². The molecule has 0 spiro atoms. The van der Waals surface area contributed by atoms with Crippen molar-refractivity contribution in [1.82, 2.24) is 0 Å². The second-order valence-electron chi connectivity index (χ2n) is 12.9. The van der Waals surface area contributed by atoms with Crippen LogP contribution in [0.25, 0.3) is 0 Å². The zero-order valence-electron chi connectivity index (χ0n) is 21.9. The number of carboxylic acid groups (broad SMARTS) is 1. The van der Waals surface area contributed by atoms with Crippen LogP contribution < -0.4 is 0 Å². The monoisotopic (exact) mass is 452 g/mol. The fraction of sp³-hybridized carbons (Fsp3) is 0.733. The molecule has 0 heterocycles. The molecule has 4 aliphatic rings. The molecule has 0 amide bonds. The Balaban J connectivity index is 1.62. The van der Waals surface area contributed by atoms with Gasteiger partial charge in [-0.3, -0.25) is 4.79 Å². The minimum Gasteiger partial charge on any atom is -0.478 e. The van der Waals surface area contributed by atoms with E-state index in [1.807, 2.05) is 6.08 Å². The van der Waals surface area contributed by atoms with Crippen molar-refractivity contribution in [3.63, 3.8) is 0 Å². The van der Waals surface area contributed by atoms with E-state index in [4.69, 9.17) is 5.11 Å². The van der Waals surface area contributed by atoms with Crippen LogP contribution in [-0.2, 0) is 9.59 Å². The van der Waals surface area contributed by atoms with Crippen LogP contribution in [0.2, 0.25) is 0 Å². The lowest BCUT2D eigenvalue weighted by Crippen LogP contribution is -2.53. The molecule has 6 atom stereocenters. The summed E-state index contributed by atoms with van der Waals surface area (Å²) in [6.45, 7) is 15.9. The van der Waals surface area contributed by atoms with Gasteiger partial charge >= 0.3 is 5.97 Å². The Bertz CT molecular complexity index is 950. The fourth-order valence-corrected chi connectivity index (χ4v) is 8.61. The quantitative estimate of drug-likeness (QED) is 0.439. The van der Waals surface area contributed by atoms with Crippen LogP contribution in [0.5, 0.6) is 0 Å². The summed E-state index contributed by atoms with van der Waals surface area (Å²) in [6, 6.07) is 0. The second kappa shape index (κ2) is 7.95. The van der Waals surface area contributed by atoms with E-state index in [0.29, 0.717) is 35.5 Å². The Labute approximate surface area is 200 Å². The third kappa shape index (κ3) is 3.43. The number of carboxylic acids is 1. The predicted octanol–water partition coefficient (Wildman–Crippen LogP) is 7.53. The lowest BCUT2D eigenvalue weighted by Gasteiger charge is -2.59. The third-order valence-corrected chi connectivity index (χ3v) is 11.1. The Kier molecular flexibility index (Phi) is 5.90. The highest BCUT2D eigenvalue weighted by molar-refractivity contribution is 5.86. The van der Waals surface area contributed by atoms with Crippen molar-refractivity contribution in [1.29, 1.82) is 0 Å². The zero-order chi connectivity index (χ0) is 24.4. The maximum Gasteiger partial charge on any atom is 0.330 e. The van der Waals surface area contributed by atoms with E-state index in [1.165, 1.54) is 12.8 Å². The van der Waals surface area contributed by atoms with Crippen molar-refractivity contribution in [2.45, 2.75) is 99.8 Å². The van der Waals surface area contributed by atoms with Crippen molar-refractivity contribution in [2.24, 2.45) is 39.4 Å². The van der Waals surface area contributed by atoms with Crippen molar-refractivity contribution < 1.29 is 14.7 Å². The maximum absolute atomic E-state index is 12.8. The van der Waals surface area contributed by atoms with Gasteiger partial charge in [0.1, 0.15) is 5.78 Å². The molecule has 1 N–H and O–H groups in total. The normalized spacial score (nSPS) is 40.8. The number of rotatable bonds is 5. The van der Waals surface area contributed by atoms with Crippen LogP contribution in [0.3, 0.4) is 0 Å². The van der Waals surface area contributed by atoms with E-state index in [0.717, 1.165) is 32.1 Å². The van der Waals surface area contributed by atoms with Crippen LogP contribution in [-0.4, -0.2) is 16.9 Å². The van der Waals surface area contributed by atoms with Gasteiger partial charge in [-0.1, -0.05) is 59.8 Å². The SMILES string of the molecule is CC(=CCC[C@@H](C)C1CC[C@@]2(C)C3=CC[C@H]4C(C)(C)C(=O)CC[C@]4(C)C3=CC[C@]12C)C(=O)O. The molecule has 0 aliphatic heterocycles. The van der Waals surface area contributed by atoms with Gasteiger partial charge in [0.15, 0.2) is 0 Å². The van der Waals surface area contributed by atoms with Gasteiger partial charge in [-0.25, -0.2) is 4.79 Å². The van der Waals surface area contributed by atoms with Crippen LogP contribution in [0.1, 0.15) is 99.8 Å². The second-order valence-corrected chi connectivity index (χ2v) is 12.9. The summed E-state index contributed by atoms with van der Waals surface area (Å²) in [5, 5.41) is 9.15. The molecular formula is C30H44O3. The molecule has 4 aliphatic carbocycles. The molecular weight excluding hydrogens is 408 g/mol. The highest BCUT2D eigenvalue weighted by Gasteiger charge is 2.63. The summed E-state index contributed by atoms with van der Waals surface area (Å²) in [7, 11) is 0. The van der Waals surface area contributed by atoms with E-state index in [9.17, 15) is 9.59 Å². The molecule has 3 heteroatoms. The number of aliphatic carboxylic acids is 1. The zero-order valence-corrected chi connectivity index (χ0v) is 21.9. The largest absolute Gasteiger partial charge is 0.478 e. The minimum absolute atomic E-state index is 0.106. The number of carbonyl (C=O) groups is 2. The molecule has 3 nitrogen and oxygen atoms in total. The highest BCUT2D eigenvalue weighted by atomic mass is 16.4.